The highest BCUT2D eigenvalue weighted by Gasteiger charge is 2.10. The molecule has 1 atom stereocenters. The van der Waals surface area contributed by atoms with Crippen LogP contribution >= 0.6 is 11.8 Å². The molecule has 1 aromatic carbocycles. The fourth-order valence-corrected chi connectivity index (χ4v) is 2.74. The Morgan fingerprint density at radius 3 is 2.32 bits per heavy atom. The van der Waals surface area contributed by atoms with Gasteiger partial charge in [0.15, 0.2) is 10.9 Å². The molecule has 4 N–H and O–H groups in total. The molecule has 116 valence electrons. The molecule has 0 aliphatic heterocycles. The minimum atomic E-state index is 0.0327. The lowest BCUT2D eigenvalue weighted by atomic mass is 9.97. The summed E-state index contributed by atoms with van der Waals surface area (Å²) in [6, 6.07) is 9.26. The second-order valence-electron chi connectivity index (χ2n) is 5.14. The van der Waals surface area contributed by atoms with Gasteiger partial charge in [0, 0.05) is 11.6 Å². The third-order valence-corrected chi connectivity index (χ3v) is 4.34. The van der Waals surface area contributed by atoms with Crippen molar-refractivity contribution in [3.05, 3.63) is 41.5 Å². The van der Waals surface area contributed by atoms with E-state index in [1.54, 1.807) is 0 Å². The number of anilines is 2. The van der Waals surface area contributed by atoms with E-state index in [1.165, 1.54) is 23.4 Å². The standard InChI is InChI=1S/C16H20N4OS/c1-3-10(2)11-4-6-12(7-5-11)13(21)9-22-16-19-14(17)8-15(18)20-16/h4-8,10H,3,9H2,1-2H3,(H4,17,18,19,20)/t10-/m0/s1. The maximum Gasteiger partial charge on any atom is 0.191 e. The van der Waals surface area contributed by atoms with Crippen molar-refractivity contribution >= 4 is 29.2 Å². The van der Waals surface area contributed by atoms with Gasteiger partial charge in [-0.15, -0.1) is 0 Å². The van der Waals surface area contributed by atoms with Gasteiger partial charge in [-0.3, -0.25) is 4.79 Å². The summed E-state index contributed by atoms with van der Waals surface area (Å²) in [7, 11) is 0. The normalized spacial score (nSPS) is 12.1. The Kier molecular flexibility index (Phi) is 5.38. The molecule has 1 heterocycles. The number of Topliss-reactive ketones (excluding diaryl/α,β-unsaturated/α-hetero) is 1. The van der Waals surface area contributed by atoms with E-state index in [2.05, 4.69) is 23.8 Å². The van der Waals surface area contributed by atoms with Gasteiger partial charge in [0.2, 0.25) is 0 Å². The highest BCUT2D eigenvalue weighted by molar-refractivity contribution is 7.99. The molecule has 1 aromatic heterocycles. The van der Waals surface area contributed by atoms with E-state index in [1.807, 2.05) is 24.3 Å². The van der Waals surface area contributed by atoms with Crippen molar-refractivity contribution in [3.63, 3.8) is 0 Å². The molecule has 5 nitrogen and oxygen atoms in total. The Morgan fingerprint density at radius 1 is 1.18 bits per heavy atom. The zero-order valence-corrected chi connectivity index (χ0v) is 13.6. The largest absolute Gasteiger partial charge is 0.383 e. The highest BCUT2D eigenvalue weighted by atomic mass is 32.2. The van der Waals surface area contributed by atoms with E-state index in [0.717, 1.165) is 6.42 Å². The second-order valence-corrected chi connectivity index (χ2v) is 6.09. The molecule has 0 saturated heterocycles. The minimum Gasteiger partial charge on any atom is -0.383 e. The number of hydrogen-bond donors (Lipinski definition) is 2. The SMILES string of the molecule is CC[C@H](C)c1ccc(C(=O)CSc2nc(N)cc(N)n2)cc1. The van der Waals surface area contributed by atoms with E-state index < -0.39 is 0 Å². The van der Waals surface area contributed by atoms with Crippen LogP contribution in [0, 0.1) is 0 Å². The monoisotopic (exact) mass is 316 g/mol. The van der Waals surface area contributed by atoms with Crippen LogP contribution in [0.1, 0.15) is 42.1 Å². The van der Waals surface area contributed by atoms with Gasteiger partial charge in [0.05, 0.1) is 5.75 Å². The zero-order chi connectivity index (χ0) is 16.1. The van der Waals surface area contributed by atoms with Gasteiger partial charge in [0.1, 0.15) is 11.6 Å². The third kappa shape index (κ3) is 4.21. The zero-order valence-electron chi connectivity index (χ0n) is 12.7. The number of nitrogen functional groups attached to an aromatic ring is 2. The lowest BCUT2D eigenvalue weighted by Gasteiger charge is -2.09. The molecule has 0 bridgehead atoms. The van der Waals surface area contributed by atoms with Crippen LogP contribution in [0.3, 0.4) is 0 Å². The maximum absolute atomic E-state index is 12.2. The quantitative estimate of drug-likeness (QED) is 0.483. The first-order chi connectivity index (χ1) is 10.5. The summed E-state index contributed by atoms with van der Waals surface area (Å²) in [4.78, 5) is 20.3. The summed E-state index contributed by atoms with van der Waals surface area (Å²) in [5.74, 6) is 1.40. The van der Waals surface area contributed by atoms with E-state index in [0.29, 0.717) is 28.3 Å². The predicted molar refractivity (Wildman–Crippen MR) is 91.1 cm³/mol. The van der Waals surface area contributed by atoms with Gasteiger partial charge in [-0.2, -0.15) is 0 Å². The van der Waals surface area contributed by atoms with Crippen LogP contribution in [0.15, 0.2) is 35.5 Å². The first kappa shape index (κ1) is 16.3. The van der Waals surface area contributed by atoms with Crippen molar-refractivity contribution in [2.24, 2.45) is 0 Å². The molecule has 6 heteroatoms. The molecule has 0 unspecified atom stereocenters. The van der Waals surface area contributed by atoms with E-state index in [9.17, 15) is 4.79 Å². The average Bonchev–Trinajstić information content (AvgIpc) is 2.51. The molecule has 2 aromatic rings. The number of aromatic nitrogens is 2. The van der Waals surface area contributed by atoms with Gasteiger partial charge >= 0.3 is 0 Å². The summed E-state index contributed by atoms with van der Waals surface area (Å²) < 4.78 is 0. The van der Waals surface area contributed by atoms with Crippen LogP contribution in [-0.4, -0.2) is 21.5 Å². The van der Waals surface area contributed by atoms with Gasteiger partial charge in [-0.25, -0.2) is 9.97 Å². The number of ketones is 1. The van der Waals surface area contributed by atoms with Crippen molar-refractivity contribution in [2.75, 3.05) is 17.2 Å². The lowest BCUT2D eigenvalue weighted by Crippen LogP contribution is -2.05. The van der Waals surface area contributed by atoms with Gasteiger partial charge < -0.3 is 11.5 Å². The molecular weight excluding hydrogens is 296 g/mol. The van der Waals surface area contributed by atoms with Crippen LogP contribution in [-0.2, 0) is 0 Å². The first-order valence-electron chi connectivity index (χ1n) is 7.15. The van der Waals surface area contributed by atoms with E-state index in [-0.39, 0.29) is 11.5 Å². The van der Waals surface area contributed by atoms with Crippen molar-refractivity contribution in [2.45, 2.75) is 31.3 Å². The lowest BCUT2D eigenvalue weighted by molar-refractivity contribution is 0.102. The fraction of sp³-hybridized carbons (Fsp3) is 0.312. The van der Waals surface area contributed by atoms with Crippen LogP contribution in [0.4, 0.5) is 11.6 Å². The Labute approximate surface area is 134 Å². The number of thioether (sulfide) groups is 1. The molecule has 0 aliphatic carbocycles. The molecule has 2 rings (SSSR count). The molecule has 0 amide bonds. The Hall–Kier alpha value is -2.08. The number of nitrogens with two attached hydrogens (primary N) is 2. The smallest absolute Gasteiger partial charge is 0.191 e. The number of carbonyl (C=O) groups is 1. The Bertz CT molecular complexity index is 637. The number of rotatable bonds is 6. The van der Waals surface area contributed by atoms with Crippen molar-refractivity contribution in [1.82, 2.24) is 9.97 Å². The molecular formula is C16H20N4OS. The maximum atomic E-state index is 12.2. The summed E-state index contributed by atoms with van der Waals surface area (Å²) >= 11 is 1.23. The van der Waals surface area contributed by atoms with Gasteiger partial charge in [0.25, 0.3) is 0 Å². The van der Waals surface area contributed by atoms with Crippen LogP contribution < -0.4 is 11.5 Å². The van der Waals surface area contributed by atoms with E-state index >= 15 is 0 Å². The second kappa shape index (κ2) is 7.26. The van der Waals surface area contributed by atoms with Crippen molar-refractivity contribution in [3.8, 4) is 0 Å². The summed E-state index contributed by atoms with van der Waals surface area (Å²) in [5, 5.41) is 0.419. The highest BCUT2D eigenvalue weighted by Crippen LogP contribution is 2.21. The molecule has 0 radical (unpaired) electrons. The molecule has 0 fully saturated rings. The first-order valence-corrected chi connectivity index (χ1v) is 8.14. The van der Waals surface area contributed by atoms with Crippen molar-refractivity contribution < 1.29 is 4.79 Å². The number of benzene rings is 1. The Morgan fingerprint density at radius 2 is 1.77 bits per heavy atom. The van der Waals surface area contributed by atoms with Crippen LogP contribution in [0.25, 0.3) is 0 Å². The Balaban J connectivity index is 2.00. The third-order valence-electron chi connectivity index (χ3n) is 3.49. The molecule has 22 heavy (non-hydrogen) atoms. The minimum absolute atomic E-state index is 0.0327. The topological polar surface area (TPSA) is 94.9 Å². The van der Waals surface area contributed by atoms with E-state index in [4.69, 9.17) is 11.5 Å². The molecule has 0 aliphatic rings. The number of nitrogens with zero attached hydrogens (tertiary/aromatic N) is 2. The van der Waals surface area contributed by atoms with Crippen molar-refractivity contribution in [1.29, 1.82) is 0 Å². The van der Waals surface area contributed by atoms with Crippen LogP contribution in [0.5, 0.6) is 0 Å². The fourth-order valence-electron chi connectivity index (χ4n) is 1.97. The van der Waals surface area contributed by atoms with Gasteiger partial charge in [-0.05, 0) is 17.9 Å². The molecule has 0 spiro atoms. The predicted octanol–water partition coefficient (Wildman–Crippen LogP) is 3.13. The average molecular weight is 316 g/mol. The summed E-state index contributed by atoms with van der Waals surface area (Å²) in [6.07, 6.45) is 1.08. The summed E-state index contributed by atoms with van der Waals surface area (Å²) in [6.45, 7) is 4.33. The molecule has 0 saturated carbocycles. The van der Waals surface area contributed by atoms with Crippen LogP contribution in [0.2, 0.25) is 0 Å². The van der Waals surface area contributed by atoms with Gasteiger partial charge in [-0.1, -0.05) is 49.9 Å². The number of hydrogen-bond acceptors (Lipinski definition) is 6. The summed E-state index contributed by atoms with van der Waals surface area (Å²) in [5.41, 5.74) is 13.2. The number of carbonyl (C=O) groups excluding carboxylic acids is 1.